The van der Waals surface area contributed by atoms with Crippen LogP contribution < -0.4 is 19.7 Å². The molecule has 0 atom stereocenters. The van der Waals surface area contributed by atoms with E-state index in [0.717, 1.165) is 20.5 Å². The largest absolute Gasteiger partial charge is 0.490 e. The molecule has 9 heteroatoms. The summed E-state index contributed by atoms with van der Waals surface area (Å²) in [5, 5.41) is 2.24. The number of halogens is 2. The SMILES string of the molecule is C=CCc1cc(/C=C2\C(=O)NC(=O)N(c3ccc(Br)c(C)c3)C2=O)cc(OCC)c1OCc1ccc(F)cc1. The summed E-state index contributed by atoms with van der Waals surface area (Å²) in [7, 11) is 0. The van der Waals surface area contributed by atoms with Gasteiger partial charge in [0.15, 0.2) is 11.5 Å². The monoisotopic (exact) mass is 592 g/mol. The minimum Gasteiger partial charge on any atom is -0.490 e. The standard InChI is InChI=1S/C30H26BrFN2O5/c1-4-6-21-14-20(16-26(38-5-2)27(21)39-17-19-7-9-22(32)10-8-19)15-24-28(35)33-30(37)34(29(24)36)23-11-12-25(31)18(3)13-23/h4,7-16H,1,5-6,17H2,2-3H3,(H,33,35,37)/b24-15+. The zero-order valence-electron chi connectivity index (χ0n) is 21.4. The van der Waals surface area contributed by atoms with Crippen molar-refractivity contribution < 1.29 is 28.2 Å². The summed E-state index contributed by atoms with van der Waals surface area (Å²) in [6, 6.07) is 13.6. The molecule has 1 heterocycles. The molecule has 39 heavy (non-hydrogen) atoms. The summed E-state index contributed by atoms with van der Waals surface area (Å²) in [6.07, 6.45) is 3.53. The summed E-state index contributed by atoms with van der Waals surface area (Å²) < 4.78 is 26.0. The molecule has 7 nitrogen and oxygen atoms in total. The lowest BCUT2D eigenvalue weighted by atomic mass is 10.0. The Kier molecular flexibility index (Phi) is 8.61. The number of ether oxygens (including phenoxy) is 2. The van der Waals surface area contributed by atoms with Crippen LogP contribution in [0.15, 0.2) is 77.3 Å². The lowest BCUT2D eigenvalue weighted by Gasteiger charge is -2.27. The van der Waals surface area contributed by atoms with Crippen LogP contribution in [-0.2, 0) is 22.6 Å². The van der Waals surface area contributed by atoms with Crippen LogP contribution in [0.25, 0.3) is 6.08 Å². The number of nitrogens with one attached hydrogen (secondary N) is 1. The van der Waals surface area contributed by atoms with Crippen molar-refractivity contribution in [1.29, 1.82) is 0 Å². The van der Waals surface area contributed by atoms with Gasteiger partial charge in [-0.1, -0.05) is 34.1 Å². The number of barbiturate groups is 1. The summed E-state index contributed by atoms with van der Waals surface area (Å²) in [5.74, 6) is -0.994. The molecule has 1 N–H and O–H groups in total. The first-order valence-electron chi connectivity index (χ1n) is 12.2. The predicted molar refractivity (Wildman–Crippen MR) is 150 cm³/mol. The maximum Gasteiger partial charge on any atom is 0.335 e. The van der Waals surface area contributed by atoms with Crippen LogP contribution in [0.5, 0.6) is 11.5 Å². The minimum atomic E-state index is -0.823. The van der Waals surface area contributed by atoms with Crippen LogP contribution in [0.2, 0.25) is 0 Å². The second-order valence-corrected chi connectivity index (χ2v) is 9.59. The molecule has 0 spiro atoms. The van der Waals surface area contributed by atoms with E-state index in [4.69, 9.17) is 9.47 Å². The summed E-state index contributed by atoms with van der Waals surface area (Å²) in [4.78, 5) is 39.7. The maximum atomic E-state index is 13.4. The summed E-state index contributed by atoms with van der Waals surface area (Å²) >= 11 is 3.41. The van der Waals surface area contributed by atoms with Crippen molar-refractivity contribution in [1.82, 2.24) is 5.32 Å². The van der Waals surface area contributed by atoms with E-state index in [-0.39, 0.29) is 18.0 Å². The summed E-state index contributed by atoms with van der Waals surface area (Å²) in [5.41, 5.74) is 2.94. The van der Waals surface area contributed by atoms with E-state index in [9.17, 15) is 18.8 Å². The molecule has 1 saturated heterocycles. The zero-order chi connectivity index (χ0) is 28.1. The number of urea groups is 1. The highest BCUT2D eigenvalue weighted by Crippen LogP contribution is 2.36. The first kappa shape index (κ1) is 27.8. The van der Waals surface area contributed by atoms with Gasteiger partial charge in [-0.05, 0) is 85.5 Å². The second kappa shape index (κ2) is 12.1. The number of anilines is 1. The average molecular weight is 593 g/mol. The molecule has 0 radical (unpaired) electrons. The van der Waals surface area contributed by atoms with E-state index in [2.05, 4.69) is 27.8 Å². The molecule has 3 aromatic rings. The van der Waals surface area contributed by atoms with Gasteiger partial charge >= 0.3 is 6.03 Å². The van der Waals surface area contributed by atoms with Crippen molar-refractivity contribution in [3.63, 3.8) is 0 Å². The highest BCUT2D eigenvalue weighted by molar-refractivity contribution is 9.10. The van der Waals surface area contributed by atoms with Crippen LogP contribution in [0.3, 0.4) is 0 Å². The fraction of sp³-hybridized carbons (Fsp3) is 0.167. The van der Waals surface area contributed by atoms with Crippen molar-refractivity contribution in [3.8, 4) is 11.5 Å². The third kappa shape index (κ3) is 6.26. The number of hydrogen-bond acceptors (Lipinski definition) is 5. The van der Waals surface area contributed by atoms with Gasteiger partial charge in [0.05, 0.1) is 12.3 Å². The molecular weight excluding hydrogens is 567 g/mol. The van der Waals surface area contributed by atoms with Crippen molar-refractivity contribution >= 4 is 45.5 Å². The molecule has 0 aliphatic carbocycles. The van der Waals surface area contributed by atoms with Crippen LogP contribution in [0.4, 0.5) is 14.9 Å². The molecule has 200 valence electrons. The molecule has 1 fully saturated rings. The molecule has 3 aromatic carbocycles. The third-order valence-electron chi connectivity index (χ3n) is 5.93. The molecule has 1 aliphatic heterocycles. The van der Waals surface area contributed by atoms with Gasteiger partial charge in [0, 0.05) is 10.0 Å². The number of imide groups is 2. The lowest BCUT2D eigenvalue weighted by Crippen LogP contribution is -2.54. The van der Waals surface area contributed by atoms with Crippen molar-refractivity contribution in [2.24, 2.45) is 0 Å². The number of nitrogens with zero attached hydrogens (tertiary/aromatic N) is 1. The third-order valence-corrected chi connectivity index (χ3v) is 6.82. The molecule has 0 unspecified atom stereocenters. The molecule has 0 bridgehead atoms. The molecular formula is C30H26BrFN2O5. The van der Waals surface area contributed by atoms with Crippen LogP contribution in [-0.4, -0.2) is 24.5 Å². The fourth-order valence-electron chi connectivity index (χ4n) is 4.06. The summed E-state index contributed by atoms with van der Waals surface area (Å²) in [6.45, 7) is 7.99. The van der Waals surface area contributed by atoms with E-state index in [1.165, 1.54) is 18.2 Å². The number of allylic oxidation sites excluding steroid dienone is 1. The normalized spacial score (nSPS) is 14.4. The van der Waals surface area contributed by atoms with Gasteiger partial charge in [0.25, 0.3) is 11.8 Å². The highest BCUT2D eigenvalue weighted by atomic mass is 79.9. The molecule has 1 aliphatic rings. The first-order valence-corrected chi connectivity index (χ1v) is 13.0. The van der Waals surface area contributed by atoms with Crippen LogP contribution in [0.1, 0.15) is 29.2 Å². The number of hydrogen-bond donors (Lipinski definition) is 1. The van der Waals surface area contributed by atoms with Crippen LogP contribution in [0, 0.1) is 12.7 Å². The van der Waals surface area contributed by atoms with Crippen LogP contribution >= 0.6 is 15.9 Å². The Balaban J connectivity index is 1.72. The Labute approximate surface area is 234 Å². The first-order chi connectivity index (χ1) is 18.7. The average Bonchev–Trinajstić information content (AvgIpc) is 2.89. The fourth-order valence-corrected chi connectivity index (χ4v) is 4.31. The Hall–Kier alpha value is -4.24. The molecule has 4 rings (SSSR count). The Morgan fingerprint density at radius 2 is 1.79 bits per heavy atom. The number of carbonyl (C=O) groups excluding carboxylic acids is 3. The quantitative estimate of drug-likeness (QED) is 0.180. The van der Waals surface area contributed by atoms with E-state index in [1.807, 2.05) is 13.8 Å². The van der Waals surface area contributed by atoms with E-state index < -0.39 is 17.8 Å². The van der Waals surface area contributed by atoms with Gasteiger partial charge in [-0.3, -0.25) is 14.9 Å². The van der Waals surface area contributed by atoms with E-state index >= 15 is 0 Å². The zero-order valence-corrected chi connectivity index (χ0v) is 23.0. The van der Waals surface area contributed by atoms with Gasteiger partial charge in [0.1, 0.15) is 18.0 Å². The number of carbonyl (C=O) groups is 3. The van der Waals surface area contributed by atoms with E-state index in [1.54, 1.807) is 48.5 Å². The Morgan fingerprint density at radius 3 is 2.46 bits per heavy atom. The maximum absolute atomic E-state index is 13.4. The number of rotatable bonds is 9. The molecule has 0 aromatic heterocycles. The van der Waals surface area contributed by atoms with Gasteiger partial charge in [-0.15, -0.1) is 6.58 Å². The number of benzene rings is 3. The highest BCUT2D eigenvalue weighted by Gasteiger charge is 2.37. The minimum absolute atomic E-state index is 0.176. The Morgan fingerprint density at radius 1 is 1.05 bits per heavy atom. The van der Waals surface area contributed by atoms with Crippen molar-refractivity contribution in [2.45, 2.75) is 26.9 Å². The smallest absolute Gasteiger partial charge is 0.335 e. The van der Waals surface area contributed by atoms with Gasteiger partial charge < -0.3 is 9.47 Å². The number of aryl methyl sites for hydroxylation is 1. The van der Waals surface area contributed by atoms with Crippen molar-refractivity contribution in [2.75, 3.05) is 11.5 Å². The number of amides is 4. The van der Waals surface area contributed by atoms with Gasteiger partial charge in [0.2, 0.25) is 0 Å². The Bertz CT molecular complexity index is 1480. The predicted octanol–water partition coefficient (Wildman–Crippen LogP) is 6.27. The second-order valence-electron chi connectivity index (χ2n) is 8.74. The lowest BCUT2D eigenvalue weighted by molar-refractivity contribution is -0.122. The topological polar surface area (TPSA) is 84.9 Å². The van der Waals surface area contributed by atoms with E-state index in [0.29, 0.717) is 41.3 Å². The van der Waals surface area contributed by atoms with Gasteiger partial charge in [-0.2, -0.15) is 0 Å². The van der Waals surface area contributed by atoms with Crippen molar-refractivity contribution in [3.05, 3.63) is 105 Å². The van der Waals surface area contributed by atoms with Gasteiger partial charge in [-0.25, -0.2) is 14.1 Å². The molecule has 0 saturated carbocycles. The molecule has 4 amide bonds.